The fourth-order valence-corrected chi connectivity index (χ4v) is 5.32. The van der Waals surface area contributed by atoms with Crippen molar-refractivity contribution in [3.63, 3.8) is 0 Å². The number of nitrogens with zero attached hydrogens (tertiary/aromatic N) is 1. The molecule has 2 heterocycles. The van der Waals surface area contributed by atoms with Crippen LogP contribution in [0.15, 0.2) is 29.1 Å². The fraction of sp³-hybridized carbons (Fsp3) is 0.375. The van der Waals surface area contributed by atoms with Crippen molar-refractivity contribution in [2.75, 3.05) is 5.32 Å². The summed E-state index contributed by atoms with van der Waals surface area (Å²) in [5.41, 5.74) is -0.0942. The summed E-state index contributed by atoms with van der Waals surface area (Å²) in [5, 5.41) is 5.44. The van der Waals surface area contributed by atoms with Crippen molar-refractivity contribution in [1.82, 2.24) is 4.98 Å². The average molecular weight is 316 g/mol. The van der Waals surface area contributed by atoms with Gasteiger partial charge in [-0.2, -0.15) is 4.98 Å². The number of nitrogens with one attached hydrogen (secondary N) is 1. The number of benzene rings is 1. The van der Waals surface area contributed by atoms with Crippen LogP contribution in [-0.4, -0.2) is 11.0 Å². The zero-order valence-corrected chi connectivity index (χ0v) is 13.2. The molecule has 1 N–H and O–H groups in total. The molecule has 1 aromatic carbocycles. The van der Waals surface area contributed by atoms with E-state index in [0.717, 1.165) is 19.2 Å². The van der Waals surface area contributed by atoms with Gasteiger partial charge in [0.25, 0.3) is 5.56 Å². The van der Waals surface area contributed by atoms with Crippen LogP contribution in [0.4, 0.5) is 5.13 Å². The van der Waals surface area contributed by atoms with E-state index in [4.69, 9.17) is 0 Å². The van der Waals surface area contributed by atoms with Crippen LogP contribution in [0.1, 0.15) is 32.1 Å². The standard InChI is InChI=1S/C16H16N2OS2/c19-15-14-13(11-8-4-5-9-12(11)20-14)21-16(18-15)17-10-6-2-1-3-7-10/h4-5,8-10H,1-3,6-7H2,(H,17,18,19). The number of aromatic nitrogens is 1. The zero-order valence-electron chi connectivity index (χ0n) is 11.6. The first-order valence-electron chi connectivity index (χ1n) is 7.40. The van der Waals surface area contributed by atoms with Gasteiger partial charge in [0.1, 0.15) is 4.70 Å². The molecule has 0 bridgehead atoms. The van der Waals surface area contributed by atoms with Gasteiger partial charge in [0.05, 0.1) is 4.70 Å². The molecular formula is C16H16N2OS2. The Hall–Kier alpha value is -1.46. The number of hydrogen-bond acceptors (Lipinski definition) is 5. The predicted molar refractivity (Wildman–Crippen MR) is 91.8 cm³/mol. The van der Waals surface area contributed by atoms with Gasteiger partial charge in [0, 0.05) is 16.1 Å². The second kappa shape index (κ2) is 5.39. The Labute approximate surface area is 130 Å². The van der Waals surface area contributed by atoms with E-state index in [0.29, 0.717) is 6.04 Å². The molecule has 3 aromatic rings. The van der Waals surface area contributed by atoms with Crippen molar-refractivity contribution in [3.05, 3.63) is 34.6 Å². The number of thiophene rings is 1. The lowest BCUT2D eigenvalue weighted by Gasteiger charge is -2.22. The molecule has 0 amide bonds. The molecule has 0 saturated heterocycles. The summed E-state index contributed by atoms with van der Waals surface area (Å²) in [6, 6.07) is 8.68. The highest BCUT2D eigenvalue weighted by Crippen LogP contribution is 2.36. The lowest BCUT2D eigenvalue weighted by Crippen LogP contribution is -2.23. The van der Waals surface area contributed by atoms with Crippen LogP contribution < -0.4 is 10.9 Å². The number of rotatable bonds is 2. The molecule has 1 aliphatic carbocycles. The molecule has 1 fully saturated rings. The first-order chi connectivity index (χ1) is 10.3. The molecular weight excluding hydrogens is 300 g/mol. The van der Waals surface area contributed by atoms with Crippen LogP contribution in [0, 0.1) is 0 Å². The topological polar surface area (TPSA) is 42.0 Å². The van der Waals surface area contributed by atoms with Gasteiger partial charge in [-0.25, -0.2) is 0 Å². The molecule has 21 heavy (non-hydrogen) atoms. The van der Waals surface area contributed by atoms with Crippen LogP contribution >= 0.6 is 22.7 Å². The lowest BCUT2D eigenvalue weighted by molar-refractivity contribution is 0.462. The molecule has 5 heteroatoms. The normalized spacial score (nSPS) is 16.6. The van der Waals surface area contributed by atoms with Gasteiger partial charge in [-0.3, -0.25) is 4.79 Å². The summed E-state index contributed by atoms with van der Waals surface area (Å²) in [4.78, 5) is 16.5. The lowest BCUT2D eigenvalue weighted by atomic mass is 9.96. The minimum atomic E-state index is -0.0942. The first kappa shape index (κ1) is 13.2. The van der Waals surface area contributed by atoms with Crippen LogP contribution in [0.25, 0.3) is 19.5 Å². The van der Waals surface area contributed by atoms with E-state index in [2.05, 4.69) is 22.4 Å². The van der Waals surface area contributed by atoms with Crippen molar-refractivity contribution < 1.29 is 0 Å². The molecule has 0 radical (unpaired) electrons. The molecule has 4 rings (SSSR count). The van der Waals surface area contributed by atoms with Gasteiger partial charge in [-0.1, -0.05) is 48.8 Å². The molecule has 0 unspecified atom stereocenters. The van der Waals surface area contributed by atoms with E-state index in [-0.39, 0.29) is 5.56 Å². The first-order valence-corrected chi connectivity index (χ1v) is 9.03. The summed E-state index contributed by atoms with van der Waals surface area (Å²) >= 11 is 3.17. The van der Waals surface area contributed by atoms with Crippen molar-refractivity contribution in [3.8, 4) is 0 Å². The summed E-state index contributed by atoms with van der Waals surface area (Å²) < 4.78 is 3.03. The molecule has 1 aliphatic rings. The second-order valence-corrected chi connectivity index (χ2v) is 7.61. The minimum Gasteiger partial charge on any atom is -0.359 e. The molecule has 108 valence electrons. The Bertz CT molecular complexity index is 846. The Morgan fingerprint density at radius 3 is 2.71 bits per heavy atom. The van der Waals surface area contributed by atoms with Crippen LogP contribution in [0.2, 0.25) is 0 Å². The highest BCUT2D eigenvalue weighted by atomic mass is 32.1. The van der Waals surface area contributed by atoms with Gasteiger partial charge in [0.2, 0.25) is 0 Å². The van der Waals surface area contributed by atoms with Gasteiger partial charge >= 0.3 is 0 Å². The quantitative estimate of drug-likeness (QED) is 0.750. The van der Waals surface area contributed by atoms with E-state index in [1.165, 1.54) is 37.5 Å². The Morgan fingerprint density at radius 2 is 1.86 bits per heavy atom. The second-order valence-electron chi connectivity index (χ2n) is 5.56. The molecule has 2 aromatic heterocycles. The number of fused-ring (bicyclic) bond motifs is 3. The van der Waals surface area contributed by atoms with E-state index in [9.17, 15) is 4.79 Å². The monoisotopic (exact) mass is 316 g/mol. The maximum Gasteiger partial charge on any atom is 0.291 e. The summed E-state index contributed by atoms with van der Waals surface area (Å²) in [6.45, 7) is 0. The van der Waals surface area contributed by atoms with Crippen LogP contribution in [0.3, 0.4) is 0 Å². The summed E-state index contributed by atoms with van der Waals surface area (Å²) in [5.74, 6) is 0. The highest BCUT2D eigenvalue weighted by molar-refractivity contribution is 7.32. The van der Waals surface area contributed by atoms with Crippen molar-refractivity contribution in [2.24, 2.45) is 0 Å². The molecule has 0 atom stereocenters. The van der Waals surface area contributed by atoms with Crippen molar-refractivity contribution >= 4 is 47.3 Å². The van der Waals surface area contributed by atoms with E-state index < -0.39 is 0 Å². The largest absolute Gasteiger partial charge is 0.359 e. The van der Waals surface area contributed by atoms with Crippen molar-refractivity contribution in [1.29, 1.82) is 0 Å². The Balaban J connectivity index is 1.79. The molecule has 0 aliphatic heterocycles. The fourth-order valence-electron chi connectivity index (χ4n) is 3.01. The smallest absolute Gasteiger partial charge is 0.291 e. The molecule has 3 nitrogen and oxygen atoms in total. The van der Waals surface area contributed by atoms with Crippen LogP contribution in [-0.2, 0) is 0 Å². The number of hydrogen-bond donors (Lipinski definition) is 1. The Morgan fingerprint density at radius 1 is 1.05 bits per heavy atom. The SMILES string of the molecule is O=c1nc(NC2CCCCC2)sc2c1sc1ccccc12. The van der Waals surface area contributed by atoms with Gasteiger partial charge in [-0.05, 0) is 18.9 Å². The summed E-state index contributed by atoms with van der Waals surface area (Å²) in [7, 11) is 0. The highest BCUT2D eigenvalue weighted by Gasteiger charge is 2.16. The summed E-state index contributed by atoms with van der Waals surface area (Å²) in [6.07, 6.45) is 6.25. The van der Waals surface area contributed by atoms with E-state index in [1.54, 1.807) is 22.7 Å². The Kier molecular flexibility index (Phi) is 3.39. The third-order valence-corrected chi connectivity index (χ3v) is 6.40. The third kappa shape index (κ3) is 2.45. The van der Waals surface area contributed by atoms with Crippen LogP contribution in [0.5, 0.6) is 0 Å². The van der Waals surface area contributed by atoms with Gasteiger partial charge < -0.3 is 5.32 Å². The van der Waals surface area contributed by atoms with Gasteiger partial charge in [0.15, 0.2) is 5.13 Å². The van der Waals surface area contributed by atoms with Crippen molar-refractivity contribution in [2.45, 2.75) is 38.1 Å². The zero-order chi connectivity index (χ0) is 14.2. The van der Waals surface area contributed by atoms with E-state index >= 15 is 0 Å². The minimum absolute atomic E-state index is 0.0942. The third-order valence-electron chi connectivity index (χ3n) is 4.08. The van der Waals surface area contributed by atoms with Gasteiger partial charge in [-0.15, -0.1) is 11.3 Å². The predicted octanol–water partition coefficient (Wildman–Crippen LogP) is 4.62. The van der Waals surface area contributed by atoms with E-state index in [1.807, 2.05) is 12.1 Å². The average Bonchev–Trinajstić information content (AvgIpc) is 2.88. The molecule has 0 spiro atoms. The number of anilines is 1. The maximum atomic E-state index is 12.3. The molecule has 1 saturated carbocycles. The maximum absolute atomic E-state index is 12.3.